The number of anilines is 1. The molecule has 3 rings (SSSR count). The van der Waals surface area contributed by atoms with Gasteiger partial charge in [-0.15, -0.1) is 22.7 Å². The molecule has 0 saturated carbocycles. The molecule has 92 valence electrons. The summed E-state index contributed by atoms with van der Waals surface area (Å²) in [4.78, 5) is 12.8. The third-order valence-electron chi connectivity index (χ3n) is 2.61. The van der Waals surface area contributed by atoms with E-state index in [0.717, 1.165) is 9.40 Å². The van der Waals surface area contributed by atoms with Gasteiger partial charge in [-0.25, -0.2) is 0 Å². The van der Waals surface area contributed by atoms with Crippen LogP contribution in [-0.4, -0.2) is 5.91 Å². The van der Waals surface area contributed by atoms with E-state index in [4.69, 9.17) is 5.26 Å². The van der Waals surface area contributed by atoms with Gasteiger partial charge in [0.1, 0.15) is 0 Å². The maximum Gasteiger partial charge on any atom is 0.265 e. The molecule has 2 heterocycles. The highest BCUT2D eigenvalue weighted by molar-refractivity contribution is 7.27. The fourth-order valence-electron chi connectivity index (χ4n) is 1.74. The molecule has 1 N–H and O–H groups in total. The number of benzene rings is 1. The van der Waals surface area contributed by atoms with Crippen molar-refractivity contribution in [3.8, 4) is 6.07 Å². The first kappa shape index (κ1) is 11.9. The van der Waals surface area contributed by atoms with Gasteiger partial charge in [-0.2, -0.15) is 5.26 Å². The quantitative estimate of drug-likeness (QED) is 0.770. The lowest BCUT2D eigenvalue weighted by Gasteiger charge is -2.03. The van der Waals surface area contributed by atoms with E-state index in [1.165, 1.54) is 11.3 Å². The first-order valence-electron chi connectivity index (χ1n) is 5.55. The molecule has 0 radical (unpaired) electrons. The number of nitrogens with zero attached hydrogens (tertiary/aromatic N) is 1. The summed E-state index contributed by atoms with van der Waals surface area (Å²) >= 11 is 3.10. The Kier molecular flexibility index (Phi) is 3.03. The molecule has 0 atom stereocenters. The molecule has 0 aliphatic carbocycles. The fourth-order valence-corrected chi connectivity index (χ4v) is 3.74. The van der Waals surface area contributed by atoms with Crippen molar-refractivity contribution < 1.29 is 4.79 Å². The Morgan fingerprint density at radius 3 is 2.89 bits per heavy atom. The van der Waals surface area contributed by atoms with Crippen LogP contribution in [0, 0.1) is 11.3 Å². The van der Waals surface area contributed by atoms with Gasteiger partial charge in [0, 0.05) is 15.1 Å². The summed E-state index contributed by atoms with van der Waals surface area (Å²) in [6, 6.07) is 12.8. The minimum Gasteiger partial charge on any atom is -0.321 e. The molecule has 0 aliphatic heterocycles. The van der Waals surface area contributed by atoms with Gasteiger partial charge in [-0.05, 0) is 35.7 Å². The molecule has 1 amide bonds. The Morgan fingerprint density at radius 1 is 1.21 bits per heavy atom. The van der Waals surface area contributed by atoms with E-state index in [9.17, 15) is 4.79 Å². The number of nitrogens with one attached hydrogen (secondary N) is 1. The van der Waals surface area contributed by atoms with E-state index in [-0.39, 0.29) is 5.91 Å². The average Bonchev–Trinajstić information content (AvgIpc) is 2.99. The molecule has 0 fully saturated rings. The molecule has 0 saturated heterocycles. The second kappa shape index (κ2) is 4.84. The van der Waals surface area contributed by atoms with Crippen molar-refractivity contribution >= 4 is 43.7 Å². The van der Waals surface area contributed by atoms with Gasteiger partial charge in [0.2, 0.25) is 0 Å². The van der Waals surface area contributed by atoms with Crippen molar-refractivity contribution in [3.05, 3.63) is 52.2 Å². The Hall–Kier alpha value is -2.16. The molecule has 0 unspecified atom stereocenters. The largest absolute Gasteiger partial charge is 0.321 e. The van der Waals surface area contributed by atoms with E-state index < -0.39 is 0 Å². The zero-order valence-electron chi connectivity index (χ0n) is 9.71. The summed E-state index contributed by atoms with van der Waals surface area (Å²) in [5, 5.41) is 13.6. The minimum absolute atomic E-state index is 0.136. The van der Waals surface area contributed by atoms with E-state index in [2.05, 4.69) is 11.4 Å². The van der Waals surface area contributed by atoms with Crippen LogP contribution in [0.25, 0.3) is 9.40 Å². The van der Waals surface area contributed by atoms with E-state index in [0.29, 0.717) is 16.1 Å². The van der Waals surface area contributed by atoms with Gasteiger partial charge in [0.05, 0.1) is 16.5 Å². The van der Waals surface area contributed by atoms with Crippen molar-refractivity contribution in [3.63, 3.8) is 0 Å². The second-order valence-corrected chi connectivity index (χ2v) is 5.94. The maximum atomic E-state index is 12.1. The van der Waals surface area contributed by atoms with E-state index >= 15 is 0 Å². The molecule has 0 bridgehead atoms. The maximum absolute atomic E-state index is 12.1. The summed E-state index contributed by atoms with van der Waals surface area (Å²) < 4.78 is 2.25. The molecule has 3 aromatic rings. The topological polar surface area (TPSA) is 52.9 Å². The van der Waals surface area contributed by atoms with Crippen LogP contribution >= 0.6 is 22.7 Å². The molecule has 0 aliphatic rings. The lowest BCUT2D eigenvalue weighted by molar-refractivity contribution is 0.103. The van der Waals surface area contributed by atoms with Crippen LogP contribution in [0.2, 0.25) is 0 Å². The van der Waals surface area contributed by atoms with Crippen LogP contribution < -0.4 is 5.32 Å². The fraction of sp³-hybridized carbons (Fsp3) is 0. The van der Waals surface area contributed by atoms with Gasteiger partial charge in [-0.1, -0.05) is 6.07 Å². The Balaban J connectivity index is 1.84. The lowest BCUT2D eigenvalue weighted by atomic mass is 10.2. The molecule has 3 nitrogen and oxygen atoms in total. The third-order valence-corrected chi connectivity index (χ3v) is 4.70. The van der Waals surface area contributed by atoms with Crippen LogP contribution in [0.5, 0.6) is 0 Å². The second-order valence-electron chi connectivity index (χ2n) is 3.91. The first-order valence-corrected chi connectivity index (χ1v) is 7.24. The van der Waals surface area contributed by atoms with Crippen LogP contribution in [-0.2, 0) is 0 Å². The van der Waals surface area contributed by atoms with Gasteiger partial charge >= 0.3 is 0 Å². The highest BCUT2D eigenvalue weighted by Gasteiger charge is 2.11. The molecule has 0 spiro atoms. The molecule has 1 aromatic carbocycles. The summed E-state index contributed by atoms with van der Waals surface area (Å²) in [5.41, 5.74) is 1.17. The number of fused-ring (bicyclic) bond motifs is 1. The number of nitriles is 1. The van der Waals surface area contributed by atoms with Crippen LogP contribution in [0.15, 0.2) is 41.8 Å². The summed E-state index contributed by atoms with van der Waals surface area (Å²) in [6.45, 7) is 0. The monoisotopic (exact) mass is 284 g/mol. The zero-order valence-corrected chi connectivity index (χ0v) is 11.3. The van der Waals surface area contributed by atoms with Crippen molar-refractivity contribution in [1.29, 1.82) is 5.26 Å². The standard InChI is InChI=1S/C14H8N2OS2/c15-8-9-2-1-3-10(6-9)16-14(17)13-7-12-11(19-13)4-5-18-12/h1-7H,(H,16,17). The smallest absolute Gasteiger partial charge is 0.265 e. The summed E-state index contributed by atoms with van der Waals surface area (Å²) in [6.07, 6.45) is 0. The van der Waals surface area contributed by atoms with Crippen molar-refractivity contribution in [2.24, 2.45) is 0 Å². The van der Waals surface area contributed by atoms with Gasteiger partial charge in [-0.3, -0.25) is 4.79 Å². The van der Waals surface area contributed by atoms with Crippen LogP contribution in [0.1, 0.15) is 15.2 Å². The molecule has 19 heavy (non-hydrogen) atoms. The molecular formula is C14H8N2OS2. The number of carbonyl (C=O) groups excluding carboxylic acids is 1. The number of hydrogen-bond acceptors (Lipinski definition) is 4. The van der Waals surface area contributed by atoms with E-state index in [1.54, 1.807) is 35.6 Å². The number of carbonyl (C=O) groups is 1. The Labute approximate surface area is 117 Å². The first-order chi connectivity index (χ1) is 9.26. The number of hydrogen-bond donors (Lipinski definition) is 1. The van der Waals surface area contributed by atoms with E-state index in [1.807, 2.05) is 17.5 Å². The normalized spacial score (nSPS) is 10.3. The zero-order chi connectivity index (χ0) is 13.2. The highest BCUT2D eigenvalue weighted by Crippen LogP contribution is 2.30. The van der Waals surface area contributed by atoms with Gasteiger partial charge in [0.25, 0.3) is 5.91 Å². The number of thiophene rings is 2. The van der Waals surface area contributed by atoms with Crippen molar-refractivity contribution in [2.75, 3.05) is 5.32 Å². The van der Waals surface area contributed by atoms with Crippen LogP contribution in [0.4, 0.5) is 5.69 Å². The summed E-state index contributed by atoms with van der Waals surface area (Å²) in [5.74, 6) is -0.136. The predicted octanol–water partition coefficient (Wildman–Crippen LogP) is 4.09. The number of rotatable bonds is 2. The van der Waals surface area contributed by atoms with Crippen molar-refractivity contribution in [1.82, 2.24) is 0 Å². The summed E-state index contributed by atoms with van der Waals surface area (Å²) in [7, 11) is 0. The minimum atomic E-state index is -0.136. The predicted molar refractivity (Wildman–Crippen MR) is 78.8 cm³/mol. The number of amides is 1. The lowest BCUT2D eigenvalue weighted by Crippen LogP contribution is -2.09. The third kappa shape index (κ3) is 2.36. The molecule has 5 heteroatoms. The molecular weight excluding hydrogens is 276 g/mol. The average molecular weight is 284 g/mol. The SMILES string of the molecule is N#Cc1cccc(NC(=O)c2cc3sccc3s2)c1. The van der Waals surface area contributed by atoms with Gasteiger partial charge < -0.3 is 5.32 Å². The Morgan fingerprint density at radius 2 is 2.11 bits per heavy atom. The molecule has 2 aromatic heterocycles. The van der Waals surface area contributed by atoms with Crippen LogP contribution in [0.3, 0.4) is 0 Å². The van der Waals surface area contributed by atoms with Crippen molar-refractivity contribution in [2.45, 2.75) is 0 Å². The highest BCUT2D eigenvalue weighted by atomic mass is 32.1. The Bertz CT molecular complexity index is 766. The van der Waals surface area contributed by atoms with Gasteiger partial charge in [0.15, 0.2) is 0 Å².